The highest BCUT2D eigenvalue weighted by Crippen LogP contribution is 2.16. The fourth-order valence-electron chi connectivity index (χ4n) is 1.58. The summed E-state index contributed by atoms with van der Waals surface area (Å²) in [6, 6.07) is 0. The van der Waals surface area contributed by atoms with Gasteiger partial charge < -0.3 is 10.1 Å². The van der Waals surface area contributed by atoms with E-state index in [0.717, 1.165) is 25.8 Å². The SMILES string of the molecule is CC(C)(C)OC=O.CC(OS(C)(=O)=O)C1CCNC1. The molecule has 2 atom stereocenters. The number of hydrogen-bond acceptors (Lipinski definition) is 6. The van der Waals surface area contributed by atoms with Gasteiger partial charge in [-0.2, -0.15) is 8.42 Å². The maximum absolute atomic E-state index is 10.8. The van der Waals surface area contributed by atoms with Crippen LogP contribution in [0.1, 0.15) is 34.1 Å². The molecule has 2 unspecified atom stereocenters. The van der Waals surface area contributed by atoms with Crippen molar-refractivity contribution in [2.45, 2.75) is 45.8 Å². The van der Waals surface area contributed by atoms with E-state index in [1.54, 1.807) is 6.92 Å². The maximum Gasteiger partial charge on any atom is 0.293 e. The molecular formula is C12H25NO5S. The average molecular weight is 295 g/mol. The summed E-state index contributed by atoms with van der Waals surface area (Å²) in [5.74, 6) is 0.333. The van der Waals surface area contributed by atoms with Crippen LogP contribution in [0.5, 0.6) is 0 Å². The summed E-state index contributed by atoms with van der Waals surface area (Å²) < 4.78 is 30.9. The number of carbonyl (C=O) groups excluding carboxylic acids is 1. The van der Waals surface area contributed by atoms with Gasteiger partial charge in [0.2, 0.25) is 0 Å². The number of hydrogen-bond donors (Lipinski definition) is 1. The van der Waals surface area contributed by atoms with Crippen molar-refractivity contribution in [3.05, 3.63) is 0 Å². The van der Waals surface area contributed by atoms with Crippen LogP contribution >= 0.6 is 0 Å². The van der Waals surface area contributed by atoms with Gasteiger partial charge in [-0.3, -0.25) is 8.98 Å². The summed E-state index contributed by atoms with van der Waals surface area (Å²) in [5.41, 5.74) is -0.318. The van der Waals surface area contributed by atoms with Gasteiger partial charge >= 0.3 is 0 Å². The van der Waals surface area contributed by atoms with E-state index >= 15 is 0 Å². The molecule has 0 aliphatic carbocycles. The van der Waals surface area contributed by atoms with E-state index in [9.17, 15) is 13.2 Å². The molecule has 1 rings (SSSR count). The van der Waals surface area contributed by atoms with Crippen LogP contribution in [0.4, 0.5) is 0 Å². The van der Waals surface area contributed by atoms with Crippen LogP contribution in [0.2, 0.25) is 0 Å². The molecule has 0 amide bonds. The first-order valence-corrected chi connectivity index (χ1v) is 8.07. The topological polar surface area (TPSA) is 81.7 Å². The Morgan fingerprint density at radius 3 is 2.21 bits per heavy atom. The van der Waals surface area contributed by atoms with Gasteiger partial charge in [0.1, 0.15) is 5.60 Å². The van der Waals surface area contributed by atoms with Gasteiger partial charge in [-0.25, -0.2) is 0 Å². The lowest BCUT2D eigenvalue weighted by atomic mass is 10.0. The molecule has 1 N–H and O–H groups in total. The van der Waals surface area contributed by atoms with Crippen LogP contribution in [0.3, 0.4) is 0 Å². The molecule has 1 fully saturated rings. The molecule has 0 aromatic carbocycles. The van der Waals surface area contributed by atoms with E-state index < -0.39 is 10.1 Å². The molecule has 0 radical (unpaired) electrons. The zero-order chi connectivity index (χ0) is 15.1. The molecule has 1 heterocycles. The minimum absolute atomic E-state index is 0.199. The molecule has 114 valence electrons. The average Bonchev–Trinajstić information content (AvgIpc) is 2.65. The van der Waals surface area contributed by atoms with E-state index in [1.165, 1.54) is 0 Å². The zero-order valence-corrected chi connectivity index (χ0v) is 13.1. The van der Waals surface area contributed by atoms with Crippen LogP contribution in [0.25, 0.3) is 0 Å². The largest absolute Gasteiger partial charge is 0.462 e. The fraction of sp³-hybridized carbons (Fsp3) is 0.917. The van der Waals surface area contributed by atoms with Crippen molar-refractivity contribution >= 4 is 16.6 Å². The Kier molecular flexibility index (Phi) is 7.54. The highest BCUT2D eigenvalue weighted by Gasteiger charge is 2.24. The van der Waals surface area contributed by atoms with E-state index in [2.05, 4.69) is 10.1 Å². The first-order chi connectivity index (χ1) is 8.55. The van der Waals surface area contributed by atoms with Crippen LogP contribution in [0, 0.1) is 5.92 Å². The molecule has 7 heteroatoms. The molecule has 1 aliphatic rings. The molecule has 0 saturated carbocycles. The molecule has 19 heavy (non-hydrogen) atoms. The van der Waals surface area contributed by atoms with E-state index in [1.807, 2.05) is 20.8 Å². The Bertz CT molecular complexity index is 355. The lowest BCUT2D eigenvalue weighted by Crippen LogP contribution is -2.25. The van der Waals surface area contributed by atoms with E-state index in [0.29, 0.717) is 12.4 Å². The summed E-state index contributed by atoms with van der Waals surface area (Å²) in [7, 11) is -3.29. The minimum atomic E-state index is -3.29. The third kappa shape index (κ3) is 10.9. The summed E-state index contributed by atoms with van der Waals surface area (Å²) >= 11 is 0. The van der Waals surface area contributed by atoms with E-state index in [4.69, 9.17) is 4.18 Å². The summed E-state index contributed by atoms with van der Waals surface area (Å²) in [6.07, 6.45) is 1.89. The van der Waals surface area contributed by atoms with Gasteiger partial charge in [0, 0.05) is 6.54 Å². The maximum atomic E-state index is 10.8. The minimum Gasteiger partial charge on any atom is -0.462 e. The Morgan fingerprint density at radius 1 is 1.37 bits per heavy atom. The van der Waals surface area contributed by atoms with Crippen molar-refractivity contribution in [1.29, 1.82) is 0 Å². The second kappa shape index (κ2) is 7.81. The monoisotopic (exact) mass is 295 g/mol. The van der Waals surface area contributed by atoms with Gasteiger partial charge in [0.25, 0.3) is 16.6 Å². The van der Waals surface area contributed by atoms with Gasteiger partial charge in [0.05, 0.1) is 12.4 Å². The Morgan fingerprint density at radius 2 is 1.95 bits per heavy atom. The van der Waals surface area contributed by atoms with Gasteiger partial charge in [0.15, 0.2) is 0 Å². The Balaban J connectivity index is 0.000000399. The predicted molar refractivity (Wildman–Crippen MR) is 73.3 cm³/mol. The van der Waals surface area contributed by atoms with Crippen LogP contribution in [-0.2, 0) is 23.8 Å². The lowest BCUT2D eigenvalue weighted by molar-refractivity contribution is -0.138. The molecule has 1 saturated heterocycles. The summed E-state index contributed by atoms with van der Waals surface area (Å²) in [5, 5.41) is 3.16. The van der Waals surface area contributed by atoms with Crippen LogP contribution < -0.4 is 5.32 Å². The van der Waals surface area contributed by atoms with Crippen LogP contribution in [0.15, 0.2) is 0 Å². The van der Waals surface area contributed by atoms with Crippen molar-refractivity contribution in [3.63, 3.8) is 0 Å². The molecule has 1 aliphatic heterocycles. The molecular weight excluding hydrogens is 270 g/mol. The standard InChI is InChI=1S/C7H15NO3S.C5H10O2/c1-6(11-12(2,9)10)7-3-4-8-5-7;1-5(2,3)7-4-6/h6-8H,3-5H2,1-2H3;4H,1-3H3. The van der Waals surface area contributed by atoms with Gasteiger partial charge in [-0.05, 0) is 46.6 Å². The van der Waals surface area contributed by atoms with Crippen LogP contribution in [-0.4, -0.2) is 45.9 Å². The predicted octanol–water partition coefficient (Wildman–Crippen LogP) is 0.919. The lowest BCUT2D eigenvalue weighted by Gasteiger charge is -2.16. The van der Waals surface area contributed by atoms with E-state index in [-0.39, 0.29) is 11.7 Å². The third-order valence-corrected chi connectivity index (χ3v) is 3.14. The second-order valence-electron chi connectivity index (χ2n) is 5.58. The third-order valence-electron chi connectivity index (χ3n) is 2.49. The Hall–Kier alpha value is -0.660. The smallest absolute Gasteiger partial charge is 0.293 e. The fourth-order valence-corrected chi connectivity index (χ4v) is 2.28. The molecule has 0 aromatic rings. The molecule has 0 aromatic heterocycles. The first-order valence-electron chi connectivity index (χ1n) is 6.25. The number of nitrogens with one attached hydrogen (secondary N) is 1. The van der Waals surface area contributed by atoms with Crippen molar-refractivity contribution in [2.75, 3.05) is 19.3 Å². The van der Waals surface area contributed by atoms with Gasteiger partial charge in [-0.1, -0.05) is 0 Å². The van der Waals surface area contributed by atoms with Crippen molar-refractivity contribution in [2.24, 2.45) is 5.92 Å². The summed E-state index contributed by atoms with van der Waals surface area (Å²) in [6.45, 7) is 9.54. The zero-order valence-electron chi connectivity index (χ0n) is 12.3. The molecule has 0 bridgehead atoms. The molecule has 6 nitrogen and oxygen atoms in total. The highest BCUT2D eigenvalue weighted by molar-refractivity contribution is 7.86. The summed E-state index contributed by atoms with van der Waals surface area (Å²) in [4.78, 5) is 9.60. The highest BCUT2D eigenvalue weighted by atomic mass is 32.2. The first kappa shape index (κ1) is 18.3. The van der Waals surface area contributed by atoms with Crippen molar-refractivity contribution in [1.82, 2.24) is 5.32 Å². The second-order valence-corrected chi connectivity index (χ2v) is 7.19. The molecule has 0 spiro atoms. The van der Waals surface area contributed by atoms with Gasteiger partial charge in [-0.15, -0.1) is 0 Å². The number of carbonyl (C=O) groups is 1. The number of rotatable bonds is 4. The Labute approximate surface area is 116 Å². The number of ether oxygens (including phenoxy) is 1. The quantitative estimate of drug-likeness (QED) is 0.613. The van der Waals surface area contributed by atoms with Crippen molar-refractivity contribution in [3.8, 4) is 0 Å². The van der Waals surface area contributed by atoms with Crippen molar-refractivity contribution < 1.29 is 22.1 Å². The normalized spacial score (nSPS) is 21.2.